The number of carbonyl (C=O) groups excluding carboxylic acids is 1. The van der Waals surface area contributed by atoms with E-state index in [0.29, 0.717) is 29.2 Å². The van der Waals surface area contributed by atoms with Gasteiger partial charge < -0.3 is 14.6 Å². The summed E-state index contributed by atoms with van der Waals surface area (Å²) >= 11 is 0. The van der Waals surface area contributed by atoms with Crippen molar-refractivity contribution in [2.24, 2.45) is 0 Å². The van der Waals surface area contributed by atoms with Crippen molar-refractivity contribution in [3.8, 4) is 17.2 Å². The summed E-state index contributed by atoms with van der Waals surface area (Å²) < 4.78 is 11.2. The van der Waals surface area contributed by atoms with Crippen molar-refractivity contribution in [2.45, 2.75) is 0 Å². The van der Waals surface area contributed by atoms with Gasteiger partial charge in [-0.3, -0.25) is 4.79 Å². The number of fused-ring (bicyclic) bond motifs is 1. The summed E-state index contributed by atoms with van der Waals surface area (Å²) in [7, 11) is 0. The summed E-state index contributed by atoms with van der Waals surface area (Å²) in [6.07, 6.45) is 3.44. The highest BCUT2D eigenvalue weighted by Gasteiger charge is 2.23. The highest BCUT2D eigenvalue weighted by Crippen LogP contribution is 2.32. The fourth-order valence-electron chi connectivity index (χ4n) is 2.39. The standard InChI is InChI=1S/C19H16O4/c1-2-9-22-17-6-4-3-5-13(17)10-14-12-23-18-11-15(20)7-8-16(18)19(14)21/h2-8,10-11,20H,1,9,12H2/b14-10+. The number of para-hydroxylation sites is 1. The van der Waals surface area contributed by atoms with Gasteiger partial charge in [-0.15, -0.1) is 0 Å². The number of hydrogen-bond acceptors (Lipinski definition) is 4. The molecule has 0 amide bonds. The first-order valence-corrected chi connectivity index (χ1v) is 7.23. The Balaban J connectivity index is 1.94. The molecule has 1 aliphatic heterocycles. The molecule has 0 fully saturated rings. The molecule has 0 spiro atoms. The molecule has 0 bridgehead atoms. The maximum atomic E-state index is 12.6. The second-order valence-corrected chi connectivity index (χ2v) is 5.11. The number of aromatic hydroxyl groups is 1. The molecule has 0 radical (unpaired) electrons. The molecule has 2 aromatic rings. The normalized spacial score (nSPS) is 15.0. The second-order valence-electron chi connectivity index (χ2n) is 5.11. The number of rotatable bonds is 4. The van der Waals surface area contributed by atoms with Gasteiger partial charge in [0.25, 0.3) is 0 Å². The number of carbonyl (C=O) groups is 1. The minimum atomic E-state index is -0.107. The first-order valence-electron chi connectivity index (χ1n) is 7.23. The number of Topliss-reactive ketones (excluding diaryl/α,β-unsaturated/α-hetero) is 1. The zero-order valence-corrected chi connectivity index (χ0v) is 12.5. The lowest BCUT2D eigenvalue weighted by Crippen LogP contribution is -2.18. The monoisotopic (exact) mass is 308 g/mol. The minimum absolute atomic E-state index is 0.0761. The average Bonchev–Trinajstić information content (AvgIpc) is 2.56. The summed E-state index contributed by atoms with van der Waals surface area (Å²) in [5, 5.41) is 9.46. The summed E-state index contributed by atoms with van der Waals surface area (Å²) in [4.78, 5) is 12.6. The van der Waals surface area contributed by atoms with Gasteiger partial charge in [0.1, 0.15) is 30.5 Å². The fourth-order valence-corrected chi connectivity index (χ4v) is 2.39. The van der Waals surface area contributed by atoms with Crippen LogP contribution in [0, 0.1) is 0 Å². The number of ketones is 1. The van der Waals surface area contributed by atoms with Gasteiger partial charge in [-0.1, -0.05) is 30.9 Å². The molecule has 1 aliphatic rings. The Bertz CT molecular complexity index is 790. The van der Waals surface area contributed by atoms with Gasteiger partial charge in [0.2, 0.25) is 0 Å². The van der Waals surface area contributed by atoms with Crippen molar-refractivity contribution in [3.05, 3.63) is 71.8 Å². The van der Waals surface area contributed by atoms with Crippen molar-refractivity contribution >= 4 is 11.9 Å². The minimum Gasteiger partial charge on any atom is -0.508 e. The second kappa shape index (κ2) is 6.40. The SMILES string of the molecule is C=CCOc1ccccc1/C=C1\COc2cc(O)ccc2C1=O. The molecule has 0 aromatic heterocycles. The van der Waals surface area contributed by atoms with Crippen LogP contribution in [0.5, 0.6) is 17.2 Å². The van der Waals surface area contributed by atoms with E-state index in [0.717, 1.165) is 5.56 Å². The lowest BCUT2D eigenvalue weighted by atomic mass is 9.98. The first kappa shape index (κ1) is 14.9. The van der Waals surface area contributed by atoms with Crippen molar-refractivity contribution in [3.63, 3.8) is 0 Å². The number of benzene rings is 2. The fraction of sp³-hybridized carbons (Fsp3) is 0.105. The molecule has 0 aliphatic carbocycles. The van der Waals surface area contributed by atoms with Crippen LogP contribution in [0.3, 0.4) is 0 Å². The Morgan fingerprint density at radius 3 is 2.91 bits per heavy atom. The zero-order chi connectivity index (χ0) is 16.2. The van der Waals surface area contributed by atoms with Crippen LogP contribution in [0.1, 0.15) is 15.9 Å². The third-order valence-electron chi connectivity index (χ3n) is 3.49. The predicted molar refractivity (Wildman–Crippen MR) is 88.0 cm³/mol. The lowest BCUT2D eigenvalue weighted by molar-refractivity contribution is 0.100. The molecule has 0 saturated heterocycles. The van der Waals surface area contributed by atoms with E-state index in [1.807, 2.05) is 24.3 Å². The van der Waals surface area contributed by atoms with Crippen molar-refractivity contribution in [2.75, 3.05) is 13.2 Å². The molecule has 0 unspecified atom stereocenters. The van der Waals surface area contributed by atoms with Crippen LogP contribution in [-0.2, 0) is 0 Å². The molecule has 4 nitrogen and oxygen atoms in total. The van der Waals surface area contributed by atoms with Crippen LogP contribution < -0.4 is 9.47 Å². The maximum Gasteiger partial charge on any atom is 0.196 e. The zero-order valence-electron chi connectivity index (χ0n) is 12.5. The van der Waals surface area contributed by atoms with Gasteiger partial charge in [-0.05, 0) is 24.3 Å². The first-order chi connectivity index (χ1) is 11.2. The maximum absolute atomic E-state index is 12.6. The topological polar surface area (TPSA) is 55.8 Å². The van der Waals surface area contributed by atoms with E-state index in [4.69, 9.17) is 9.47 Å². The van der Waals surface area contributed by atoms with E-state index in [1.165, 1.54) is 12.1 Å². The molecule has 1 N–H and O–H groups in total. The van der Waals surface area contributed by atoms with Gasteiger partial charge in [0.15, 0.2) is 5.78 Å². The Kier molecular flexibility index (Phi) is 4.15. The molecule has 2 aromatic carbocycles. The van der Waals surface area contributed by atoms with Crippen LogP contribution in [-0.4, -0.2) is 24.1 Å². The van der Waals surface area contributed by atoms with E-state index in [-0.39, 0.29) is 18.1 Å². The lowest BCUT2D eigenvalue weighted by Gasteiger charge is -2.19. The molecular formula is C19H16O4. The molecule has 116 valence electrons. The van der Waals surface area contributed by atoms with Gasteiger partial charge in [-0.2, -0.15) is 0 Å². The summed E-state index contributed by atoms with van der Waals surface area (Å²) in [5.74, 6) is 1.06. The quantitative estimate of drug-likeness (QED) is 0.692. The summed E-state index contributed by atoms with van der Waals surface area (Å²) in [6, 6.07) is 12.0. The van der Waals surface area contributed by atoms with Gasteiger partial charge in [0.05, 0.1) is 5.56 Å². The molecule has 3 rings (SSSR count). The Morgan fingerprint density at radius 2 is 2.09 bits per heavy atom. The van der Waals surface area contributed by atoms with Gasteiger partial charge >= 0.3 is 0 Å². The highest BCUT2D eigenvalue weighted by molar-refractivity contribution is 6.14. The van der Waals surface area contributed by atoms with E-state index < -0.39 is 0 Å². The molecule has 1 heterocycles. The summed E-state index contributed by atoms with van der Waals surface area (Å²) in [6.45, 7) is 4.18. The van der Waals surface area contributed by atoms with Crippen LogP contribution in [0.15, 0.2) is 60.7 Å². The third kappa shape index (κ3) is 3.11. The van der Waals surface area contributed by atoms with Crippen LogP contribution >= 0.6 is 0 Å². The molecule has 0 saturated carbocycles. The third-order valence-corrected chi connectivity index (χ3v) is 3.49. The highest BCUT2D eigenvalue weighted by atomic mass is 16.5. The van der Waals surface area contributed by atoms with Crippen LogP contribution in [0.2, 0.25) is 0 Å². The average molecular weight is 308 g/mol. The molecular weight excluding hydrogens is 292 g/mol. The van der Waals surface area contributed by atoms with Crippen molar-refractivity contribution in [1.29, 1.82) is 0 Å². The Labute approximate surface area is 134 Å². The Hall–Kier alpha value is -3.01. The summed E-state index contributed by atoms with van der Waals surface area (Å²) in [5.41, 5.74) is 1.80. The van der Waals surface area contributed by atoms with E-state index in [9.17, 15) is 9.90 Å². The predicted octanol–water partition coefficient (Wildman–Crippen LogP) is 3.62. The van der Waals surface area contributed by atoms with E-state index >= 15 is 0 Å². The number of hydrogen-bond donors (Lipinski definition) is 1. The number of phenols is 1. The molecule has 4 heteroatoms. The van der Waals surface area contributed by atoms with E-state index in [2.05, 4.69) is 6.58 Å². The van der Waals surface area contributed by atoms with E-state index in [1.54, 1.807) is 18.2 Å². The largest absolute Gasteiger partial charge is 0.508 e. The molecule has 0 atom stereocenters. The van der Waals surface area contributed by atoms with Crippen molar-refractivity contribution in [1.82, 2.24) is 0 Å². The van der Waals surface area contributed by atoms with Crippen LogP contribution in [0.4, 0.5) is 0 Å². The van der Waals surface area contributed by atoms with Gasteiger partial charge in [-0.25, -0.2) is 0 Å². The number of phenolic OH excluding ortho intramolecular Hbond substituents is 1. The van der Waals surface area contributed by atoms with Crippen LogP contribution in [0.25, 0.3) is 6.08 Å². The van der Waals surface area contributed by atoms with Crippen molar-refractivity contribution < 1.29 is 19.4 Å². The van der Waals surface area contributed by atoms with Gasteiger partial charge in [0, 0.05) is 17.2 Å². The number of ether oxygens (including phenoxy) is 2. The Morgan fingerprint density at radius 1 is 1.26 bits per heavy atom. The smallest absolute Gasteiger partial charge is 0.196 e. The molecule has 23 heavy (non-hydrogen) atoms.